The fraction of sp³-hybridized carbons (Fsp3) is 0.0526. The number of carbonyl (C=O) groups is 1. The maximum atomic E-state index is 12.5. The number of aromatic nitrogens is 1. The third kappa shape index (κ3) is 4.00. The Morgan fingerprint density at radius 1 is 0.885 bits per heavy atom. The van der Waals surface area contributed by atoms with E-state index in [1.165, 1.54) is 18.2 Å². The molecule has 0 unspecified atom stereocenters. The Morgan fingerprint density at radius 2 is 1.46 bits per heavy atom. The number of ether oxygens (including phenoxy) is 1. The van der Waals surface area contributed by atoms with Crippen LogP contribution in [0.2, 0.25) is 0 Å². The second-order valence-electron chi connectivity index (χ2n) is 5.36. The first-order valence-corrected chi connectivity index (χ1v) is 7.49. The van der Waals surface area contributed by atoms with Crippen LogP contribution in [-0.4, -0.2) is 16.1 Å². The van der Waals surface area contributed by atoms with E-state index in [9.17, 15) is 18.0 Å². The lowest BCUT2D eigenvalue weighted by Gasteiger charge is -2.09. The first-order chi connectivity index (χ1) is 12.3. The fourth-order valence-electron chi connectivity index (χ4n) is 2.26. The van der Waals surface area contributed by atoms with Gasteiger partial charge in [-0.3, -0.25) is 0 Å². The number of pyridine rings is 1. The molecule has 1 N–H and O–H groups in total. The van der Waals surface area contributed by atoms with Gasteiger partial charge in [-0.15, -0.1) is 0 Å². The zero-order chi connectivity index (χ0) is 18.7. The van der Waals surface area contributed by atoms with Crippen molar-refractivity contribution in [2.75, 3.05) is 0 Å². The minimum atomic E-state index is -4.39. The monoisotopic (exact) mass is 359 g/mol. The van der Waals surface area contributed by atoms with Crippen LogP contribution in [0.25, 0.3) is 11.3 Å². The summed E-state index contributed by atoms with van der Waals surface area (Å²) >= 11 is 0. The second kappa shape index (κ2) is 6.87. The molecule has 0 radical (unpaired) electrons. The molecule has 0 saturated carbocycles. The molecule has 0 aliphatic rings. The molecule has 1 heterocycles. The first-order valence-electron chi connectivity index (χ1n) is 7.49. The molecule has 0 bridgehead atoms. The molecule has 0 fully saturated rings. The van der Waals surface area contributed by atoms with E-state index in [1.54, 1.807) is 36.4 Å². The molecule has 3 aromatic rings. The lowest BCUT2D eigenvalue weighted by Crippen LogP contribution is -2.03. The largest absolute Gasteiger partial charge is 0.477 e. The molecule has 2 aromatic carbocycles. The van der Waals surface area contributed by atoms with Gasteiger partial charge in [-0.25, -0.2) is 9.78 Å². The first kappa shape index (κ1) is 17.5. The highest BCUT2D eigenvalue weighted by Crippen LogP contribution is 2.31. The molecule has 0 saturated heterocycles. The number of alkyl halides is 3. The fourth-order valence-corrected chi connectivity index (χ4v) is 2.26. The summed E-state index contributed by atoms with van der Waals surface area (Å²) in [5.74, 6) is -0.409. The third-order valence-electron chi connectivity index (χ3n) is 3.54. The van der Waals surface area contributed by atoms with Crippen LogP contribution in [0.4, 0.5) is 13.2 Å². The van der Waals surface area contributed by atoms with Crippen LogP contribution in [0.15, 0.2) is 66.7 Å². The van der Waals surface area contributed by atoms with Crippen molar-refractivity contribution in [2.45, 2.75) is 6.18 Å². The van der Waals surface area contributed by atoms with Crippen molar-refractivity contribution in [3.05, 3.63) is 78.0 Å². The Kier molecular flexibility index (Phi) is 4.62. The zero-order valence-electron chi connectivity index (χ0n) is 13.2. The molecule has 4 nitrogen and oxygen atoms in total. The summed E-state index contributed by atoms with van der Waals surface area (Å²) in [6, 6.07) is 15.7. The SMILES string of the molecule is O=C(O)c1cccc(-c2ccc(Oc3ccc(C(F)(F)F)cc3)cc2)n1. The summed E-state index contributed by atoms with van der Waals surface area (Å²) < 4.78 is 43.2. The standard InChI is InChI=1S/C19H12F3NO3/c20-19(21,22)13-6-10-15(11-7-13)26-14-8-4-12(5-9-14)16-2-1-3-17(23-16)18(24)25/h1-11H,(H,24,25). The molecule has 26 heavy (non-hydrogen) atoms. The molecular weight excluding hydrogens is 347 g/mol. The van der Waals surface area contributed by atoms with E-state index in [4.69, 9.17) is 9.84 Å². The van der Waals surface area contributed by atoms with Crippen molar-refractivity contribution in [3.63, 3.8) is 0 Å². The molecule has 0 spiro atoms. The van der Waals surface area contributed by atoms with E-state index in [-0.39, 0.29) is 11.4 Å². The number of hydrogen-bond acceptors (Lipinski definition) is 3. The molecular formula is C19H12F3NO3. The lowest BCUT2D eigenvalue weighted by atomic mass is 10.1. The van der Waals surface area contributed by atoms with E-state index >= 15 is 0 Å². The van der Waals surface area contributed by atoms with Crippen LogP contribution in [0.1, 0.15) is 16.1 Å². The molecule has 0 atom stereocenters. The average Bonchev–Trinajstić information content (AvgIpc) is 2.62. The zero-order valence-corrected chi connectivity index (χ0v) is 13.2. The lowest BCUT2D eigenvalue weighted by molar-refractivity contribution is -0.137. The van der Waals surface area contributed by atoms with Crippen LogP contribution in [0.3, 0.4) is 0 Å². The van der Waals surface area contributed by atoms with Gasteiger partial charge < -0.3 is 9.84 Å². The predicted molar refractivity (Wildman–Crippen MR) is 88.2 cm³/mol. The van der Waals surface area contributed by atoms with Gasteiger partial charge in [-0.1, -0.05) is 6.07 Å². The Bertz CT molecular complexity index is 920. The van der Waals surface area contributed by atoms with E-state index in [2.05, 4.69) is 4.98 Å². The van der Waals surface area contributed by atoms with Crippen LogP contribution >= 0.6 is 0 Å². The van der Waals surface area contributed by atoms with Gasteiger partial charge in [0.15, 0.2) is 0 Å². The van der Waals surface area contributed by atoms with Crippen LogP contribution in [-0.2, 0) is 6.18 Å². The van der Waals surface area contributed by atoms with Gasteiger partial charge in [-0.2, -0.15) is 13.2 Å². The summed E-state index contributed by atoms with van der Waals surface area (Å²) in [6.45, 7) is 0. The number of carboxylic acids is 1. The minimum Gasteiger partial charge on any atom is -0.477 e. The van der Waals surface area contributed by atoms with Gasteiger partial charge in [0.1, 0.15) is 17.2 Å². The Labute approximate surface area is 146 Å². The molecule has 3 rings (SSSR count). The summed E-state index contributed by atoms with van der Waals surface area (Å²) in [5, 5.41) is 8.98. The van der Waals surface area contributed by atoms with Crippen molar-refractivity contribution in [1.82, 2.24) is 4.98 Å². The van der Waals surface area contributed by atoms with E-state index < -0.39 is 17.7 Å². The van der Waals surface area contributed by atoms with Crippen LogP contribution in [0.5, 0.6) is 11.5 Å². The second-order valence-corrected chi connectivity index (χ2v) is 5.36. The summed E-state index contributed by atoms with van der Waals surface area (Å²) in [6.07, 6.45) is -4.39. The predicted octanol–water partition coefficient (Wildman–Crippen LogP) is 5.26. The number of nitrogens with zero attached hydrogens (tertiary/aromatic N) is 1. The number of rotatable bonds is 4. The third-order valence-corrected chi connectivity index (χ3v) is 3.54. The van der Waals surface area contributed by atoms with Crippen molar-refractivity contribution in [3.8, 4) is 22.8 Å². The number of benzene rings is 2. The van der Waals surface area contributed by atoms with E-state index in [0.29, 0.717) is 17.0 Å². The summed E-state index contributed by atoms with van der Waals surface area (Å²) in [7, 11) is 0. The quantitative estimate of drug-likeness (QED) is 0.690. The number of aromatic carboxylic acids is 1. The number of carboxylic acid groups (broad SMARTS) is 1. The maximum Gasteiger partial charge on any atom is 0.416 e. The highest BCUT2D eigenvalue weighted by molar-refractivity contribution is 5.86. The highest BCUT2D eigenvalue weighted by atomic mass is 19.4. The number of halogens is 3. The topological polar surface area (TPSA) is 59.4 Å². The molecule has 7 heteroatoms. The Hall–Kier alpha value is -3.35. The minimum absolute atomic E-state index is 0.0624. The smallest absolute Gasteiger partial charge is 0.416 e. The van der Waals surface area contributed by atoms with Crippen LogP contribution < -0.4 is 4.74 Å². The molecule has 132 valence electrons. The van der Waals surface area contributed by atoms with Crippen molar-refractivity contribution in [2.24, 2.45) is 0 Å². The normalized spacial score (nSPS) is 11.2. The van der Waals surface area contributed by atoms with Gasteiger partial charge in [0.25, 0.3) is 0 Å². The van der Waals surface area contributed by atoms with Crippen LogP contribution in [0, 0.1) is 0 Å². The molecule has 1 aromatic heterocycles. The van der Waals surface area contributed by atoms with E-state index in [0.717, 1.165) is 12.1 Å². The number of hydrogen-bond donors (Lipinski definition) is 1. The van der Waals surface area contributed by atoms with Crippen molar-refractivity contribution >= 4 is 5.97 Å². The molecule has 0 amide bonds. The molecule has 0 aliphatic carbocycles. The van der Waals surface area contributed by atoms with Gasteiger partial charge in [0.05, 0.1) is 11.3 Å². The average molecular weight is 359 g/mol. The van der Waals surface area contributed by atoms with Crippen molar-refractivity contribution < 1.29 is 27.8 Å². The highest BCUT2D eigenvalue weighted by Gasteiger charge is 2.30. The van der Waals surface area contributed by atoms with Gasteiger partial charge in [0.2, 0.25) is 0 Å². The molecule has 0 aliphatic heterocycles. The Balaban J connectivity index is 1.76. The van der Waals surface area contributed by atoms with Crippen molar-refractivity contribution in [1.29, 1.82) is 0 Å². The Morgan fingerprint density at radius 3 is 2.00 bits per heavy atom. The van der Waals surface area contributed by atoms with Gasteiger partial charge >= 0.3 is 12.1 Å². The van der Waals surface area contributed by atoms with Gasteiger partial charge in [0, 0.05) is 5.56 Å². The van der Waals surface area contributed by atoms with Gasteiger partial charge in [-0.05, 0) is 60.7 Å². The van der Waals surface area contributed by atoms with E-state index in [1.807, 2.05) is 0 Å². The maximum absolute atomic E-state index is 12.5. The summed E-state index contributed by atoms with van der Waals surface area (Å²) in [4.78, 5) is 15.0. The summed E-state index contributed by atoms with van der Waals surface area (Å²) in [5.41, 5.74) is 0.371.